The molecule has 0 aliphatic heterocycles. The van der Waals surface area contributed by atoms with Gasteiger partial charge in [0.1, 0.15) is 5.75 Å². The van der Waals surface area contributed by atoms with Gasteiger partial charge in [0.25, 0.3) is 5.91 Å². The molecular weight excluding hydrogens is 412 g/mol. The Bertz CT molecular complexity index is 665. The third-order valence-corrected chi connectivity index (χ3v) is 3.90. The van der Waals surface area contributed by atoms with Crippen molar-refractivity contribution >= 4 is 44.0 Å². The Hall–Kier alpha value is -1.66. The largest absolute Gasteiger partial charge is 0.492 e. The van der Waals surface area contributed by atoms with Gasteiger partial charge in [-0.15, -0.1) is 0 Å². The number of nitrogens with one attached hydrogen (secondary N) is 1. The highest BCUT2D eigenvalue weighted by Gasteiger charge is 2.08. The summed E-state index contributed by atoms with van der Waals surface area (Å²) in [5.74, 6) is 0.494. The minimum Gasteiger partial charge on any atom is -0.492 e. The van der Waals surface area contributed by atoms with E-state index in [1.54, 1.807) is 30.5 Å². The zero-order valence-corrected chi connectivity index (χ0v) is 15.0. The summed E-state index contributed by atoms with van der Waals surface area (Å²) in [7, 11) is 0. The van der Waals surface area contributed by atoms with E-state index in [1.807, 2.05) is 25.1 Å². The lowest BCUT2D eigenvalue weighted by Crippen LogP contribution is -2.17. The van der Waals surface area contributed by atoms with Crippen LogP contribution in [0.25, 0.3) is 0 Å². The maximum absolute atomic E-state index is 11.8. The lowest BCUT2D eigenvalue weighted by Gasteiger charge is -2.09. The predicted molar refractivity (Wildman–Crippen MR) is 94.5 cm³/mol. The first kappa shape index (κ1) is 16.7. The summed E-state index contributed by atoms with van der Waals surface area (Å²) >= 11 is 6.91. The quantitative estimate of drug-likeness (QED) is 0.571. The molecule has 0 atom stereocenters. The van der Waals surface area contributed by atoms with E-state index in [0.717, 1.165) is 20.3 Å². The summed E-state index contributed by atoms with van der Waals surface area (Å²) < 4.78 is 7.15. The van der Waals surface area contributed by atoms with E-state index in [-0.39, 0.29) is 5.91 Å². The van der Waals surface area contributed by atoms with Crippen molar-refractivity contribution in [2.75, 3.05) is 6.61 Å². The smallest absolute Gasteiger partial charge is 0.271 e. The van der Waals surface area contributed by atoms with E-state index in [0.29, 0.717) is 12.2 Å². The van der Waals surface area contributed by atoms with E-state index in [1.165, 1.54) is 0 Å². The molecule has 0 radical (unpaired) electrons. The molecule has 0 fully saturated rings. The molecule has 1 amide bonds. The fourth-order valence-electron chi connectivity index (χ4n) is 1.76. The van der Waals surface area contributed by atoms with Gasteiger partial charge in [0.05, 0.1) is 21.8 Å². The molecule has 4 nitrogen and oxygen atoms in total. The Morgan fingerprint density at radius 2 is 1.86 bits per heavy atom. The lowest BCUT2D eigenvalue weighted by atomic mass is 10.2. The van der Waals surface area contributed by atoms with Gasteiger partial charge < -0.3 is 4.74 Å². The van der Waals surface area contributed by atoms with Gasteiger partial charge in [-0.05, 0) is 68.6 Å². The molecule has 114 valence electrons. The average molecular weight is 426 g/mol. The van der Waals surface area contributed by atoms with Crippen molar-refractivity contribution in [3.05, 3.63) is 62.5 Å². The third kappa shape index (κ3) is 4.42. The van der Waals surface area contributed by atoms with Gasteiger partial charge in [-0.25, -0.2) is 5.43 Å². The number of carbonyl (C=O) groups excluding carboxylic acids is 1. The lowest BCUT2D eigenvalue weighted by molar-refractivity contribution is 0.0955. The highest BCUT2D eigenvalue weighted by Crippen LogP contribution is 2.34. The monoisotopic (exact) mass is 424 g/mol. The predicted octanol–water partition coefficient (Wildman–Crippen LogP) is 4.37. The SMILES string of the molecule is CCOc1c(Br)cc(/C=N\NC(=O)c2ccccc2)cc1Br. The fraction of sp³-hybridized carbons (Fsp3) is 0.125. The highest BCUT2D eigenvalue weighted by atomic mass is 79.9. The van der Waals surface area contributed by atoms with Crippen LogP contribution in [0.5, 0.6) is 5.75 Å². The maximum atomic E-state index is 11.8. The summed E-state index contributed by atoms with van der Waals surface area (Å²) in [6, 6.07) is 12.7. The first-order valence-corrected chi connectivity index (χ1v) is 8.20. The molecule has 1 N–H and O–H groups in total. The first-order chi connectivity index (χ1) is 10.6. The van der Waals surface area contributed by atoms with E-state index in [4.69, 9.17) is 4.74 Å². The Morgan fingerprint density at radius 3 is 2.45 bits per heavy atom. The summed E-state index contributed by atoms with van der Waals surface area (Å²) in [6.45, 7) is 2.51. The summed E-state index contributed by atoms with van der Waals surface area (Å²) in [5, 5.41) is 3.97. The second-order valence-corrected chi connectivity index (χ2v) is 6.02. The maximum Gasteiger partial charge on any atom is 0.271 e. The molecule has 0 saturated heterocycles. The van der Waals surface area contributed by atoms with Crippen LogP contribution < -0.4 is 10.2 Å². The number of amides is 1. The highest BCUT2D eigenvalue weighted by molar-refractivity contribution is 9.11. The number of halogens is 2. The van der Waals surface area contributed by atoms with Crippen molar-refractivity contribution in [2.24, 2.45) is 5.10 Å². The average Bonchev–Trinajstić information content (AvgIpc) is 2.51. The summed E-state index contributed by atoms with van der Waals surface area (Å²) in [5.41, 5.74) is 3.89. The number of nitrogens with zero attached hydrogens (tertiary/aromatic N) is 1. The van der Waals surface area contributed by atoms with Crippen LogP contribution in [0.1, 0.15) is 22.8 Å². The van der Waals surface area contributed by atoms with Gasteiger partial charge in [0, 0.05) is 5.56 Å². The van der Waals surface area contributed by atoms with Crippen molar-refractivity contribution in [3.8, 4) is 5.75 Å². The van der Waals surface area contributed by atoms with Crippen LogP contribution in [0.15, 0.2) is 56.5 Å². The molecular formula is C16H14Br2N2O2. The van der Waals surface area contributed by atoms with Gasteiger partial charge >= 0.3 is 0 Å². The van der Waals surface area contributed by atoms with Crippen molar-refractivity contribution in [1.29, 1.82) is 0 Å². The molecule has 6 heteroatoms. The standard InChI is InChI=1S/C16H14Br2N2O2/c1-2-22-15-13(17)8-11(9-14(15)18)10-19-20-16(21)12-6-4-3-5-7-12/h3-10H,2H2,1H3,(H,20,21)/b19-10-. The molecule has 2 rings (SSSR count). The zero-order valence-electron chi connectivity index (χ0n) is 11.8. The molecule has 0 bridgehead atoms. The molecule has 0 unspecified atom stereocenters. The van der Waals surface area contributed by atoms with Gasteiger partial charge in [-0.3, -0.25) is 4.79 Å². The van der Waals surface area contributed by atoms with Crippen LogP contribution in [-0.2, 0) is 0 Å². The number of hydrazone groups is 1. The van der Waals surface area contributed by atoms with Crippen molar-refractivity contribution in [1.82, 2.24) is 5.43 Å². The van der Waals surface area contributed by atoms with Crippen LogP contribution in [0, 0.1) is 0 Å². The second-order valence-electron chi connectivity index (χ2n) is 4.31. The molecule has 2 aromatic rings. The zero-order chi connectivity index (χ0) is 15.9. The molecule has 2 aromatic carbocycles. The Kier molecular flexibility index (Phi) is 6.15. The van der Waals surface area contributed by atoms with Gasteiger partial charge in [-0.2, -0.15) is 5.10 Å². The third-order valence-electron chi connectivity index (χ3n) is 2.72. The van der Waals surface area contributed by atoms with Crippen LogP contribution in [0.2, 0.25) is 0 Å². The van der Waals surface area contributed by atoms with Crippen LogP contribution >= 0.6 is 31.9 Å². The summed E-state index contributed by atoms with van der Waals surface area (Å²) in [6.07, 6.45) is 1.58. The molecule has 22 heavy (non-hydrogen) atoms. The topological polar surface area (TPSA) is 50.7 Å². The van der Waals surface area contributed by atoms with Crippen LogP contribution in [0.4, 0.5) is 0 Å². The number of ether oxygens (including phenoxy) is 1. The minimum atomic E-state index is -0.249. The van der Waals surface area contributed by atoms with Gasteiger partial charge in [-0.1, -0.05) is 18.2 Å². The van der Waals surface area contributed by atoms with E-state index in [2.05, 4.69) is 42.4 Å². The number of rotatable bonds is 5. The first-order valence-electron chi connectivity index (χ1n) is 6.62. The number of carbonyl (C=O) groups is 1. The number of hydrogen-bond acceptors (Lipinski definition) is 3. The van der Waals surface area contributed by atoms with Crippen molar-refractivity contribution in [2.45, 2.75) is 6.92 Å². The van der Waals surface area contributed by atoms with Crippen molar-refractivity contribution < 1.29 is 9.53 Å². The molecule has 0 saturated carbocycles. The molecule has 0 heterocycles. The van der Waals surface area contributed by atoms with E-state index in [9.17, 15) is 4.79 Å². The fourth-order valence-corrected chi connectivity index (χ4v) is 3.21. The van der Waals surface area contributed by atoms with Gasteiger partial charge in [0.15, 0.2) is 0 Å². The normalized spacial score (nSPS) is 10.7. The Labute approximate surface area is 145 Å². The summed E-state index contributed by atoms with van der Waals surface area (Å²) in [4.78, 5) is 11.8. The van der Waals surface area contributed by atoms with Crippen LogP contribution in [0.3, 0.4) is 0 Å². The van der Waals surface area contributed by atoms with Crippen LogP contribution in [-0.4, -0.2) is 18.7 Å². The molecule has 0 aliphatic carbocycles. The number of hydrogen-bond donors (Lipinski definition) is 1. The Balaban J connectivity index is 2.06. The molecule has 0 aliphatic rings. The molecule has 0 aromatic heterocycles. The molecule has 0 spiro atoms. The van der Waals surface area contributed by atoms with E-state index >= 15 is 0 Å². The second kappa shape index (κ2) is 8.10. The number of benzene rings is 2. The van der Waals surface area contributed by atoms with Gasteiger partial charge in [0.2, 0.25) is 0 Å². The Morgan fingerprint density at radius 1 is 1.23 bits per heavy atom. The van der Waals surface area contributed by atoms with E-state index < -0.39 is 0 Å². The minimum absolute atomic E-state index is 0.249. The van der Waals surface area contributed by atoms with Crippen molar-refractivity contribution in [3.63, 3.8) is 0 Å².